The first-order valence-electron chi connectivity index (χ1n) is 9.85. The summed E-state index contributed by atoms with van der Waals surface area (Å²) in [7, 11) is -3.55. The number of aryl methyl sites for hydroxylation is 1. The third-order valence-electron chi connectivity index (χ3n) is 5.09. The van der Waals surface area contributed by atoms with Gasteiger partial charge in [0, 0.05) is 16.3 Å². The van der Waals surface area contributed by atoms with E-state index in [1.165, 1.54) is 16.9 Å². The molecule has 0 amide bonds. The smallest absolute Gasteiger partial charge is 0.308 e. The average Bonchev–Trinajstić information content (AvgIpc) is 3.04. The molecule has 158 valence electrons. The summed E-state index contributed by atoms with van der Waals surface area (Å²) in [5, 5.41) is 3.17. The van der Waals surface area contributed by atoms with Crippen LogP contribution in [0.15, 0.2) is 36.4 Å². The van der Waals surface area contributed by atoms with Gasteiger partial charge in [0.1, 0.15) is 10.3 Å². The standard InChI is InChI=1S/C22H29NO4S2/c1-16-5-7-17(8-6-16)18-9-10-19(28-18)22(15-20(24)27-21(2,3)4)11-12-23-13-14-29(22,25)26/h5-10,23H,11-15H2,1-4H3. The third kappa shape index (κ3) is 4.90. The Kier molecular flexibility index (Phi) is 6.22. The highest BCUT2D eigenvalue weighted by Crippen LogP contribution is 2.45. The second-order valence-electron chi connectivity index (χ2n) is 8.61. The Morgan fingerprint density at radius 3 is 2.48 bits per heavy atom. The molecule has 1 aromatic carbocycles. The van der Waals surface area contributed by atoms with Gasteiger partial charge in [-0.3, -0.25) is 4.79 Å². The van der Waals surface area contributed by atoms with E-state index in [9.17, 15) is 13.2 Å². The molecule has 0 aliphatic carbocycles. The fraction of sp³-hybridized carbons (Fsp3) is 0.500. The van der Waals surface area contributed by atoms with E-state index in [0.29, 0.717) is 24.4 Å². The molecule has 1 aliphatic heterocycles. The van der Waals surface area contributed by atoms with Gasteiger partial charge in [-0.2, -0.15) is 0 Å². The van der Waals surface area contributed by atoms with Crippen molar-refractivity contribution in [1.82, 2.24) is 5.32 Å². The van der Waals surface area contributed by atoms with Crippen LogP contribution in [0.1, 0.15) is 44.1 Å². The average molecular weight is 436 g/mol. The Morgan fingerprint density at radius 1 is 1.14 bits per heavy atom. The number of carbonyl (C=O) groups is 1. The lowest BCUT2D eigenvalue weighted by atomic mass is 9.97. The van der Waals surface area contributed by atoms with Crippen molar-refractivity contribution in [3.05, 3.63) is 46.8 Å². The Balaban J connectivity index is 2.04. The molecule has 0 radical (unpaired) electrons. The molecule has 29 heavy (non-hydrogen) atoms. The summed E-state index contributed by atoms with van der Waals surface area (Å²) in [6.07, 6.45) is 0.185. The predicted molar refractivity (Wildman–Crippen MR) is 118 cm³/mol. The van der Waals surface area contributed by atoms with Crippen LogP contribution in [0, 0.1) is 6.92 Å². The molecule has 2 aromatic rings. The maximum absolute atomic E-state index is 13.4. The minimum atomic E-state index is -3.55. The molecule has 1 saturated heterocycles. The molecule has 2 heterocycles. The van der Waals surface area contributed by atoms with Gasteiger partial charge in [-0.15, -0.1) is 11.3 Å². The molecule has 1 N–H and O–H groups in total. The van der Waals surface area contributed by atoms with Gasteiger partial charge in [0.2, 0.25) is 0 Å². The van der Waals surface area contributed by atoms with Crippen LogP contribution in [-0.4, -0.2) is 38.8 Å². The quantitative estimate of drug-likeness (QED) is 0.733. The highest BCUT2D eigenvalue weighted by atomic mass is 32.2. The van der Waals surface area contributed by atoms with Crippen molar-refractivity contribution in [3.8, 4) is 10.4 Å². The van der Waals surface area contributed by atoms with Crippen molar-refractivity contribution in [2.75, 3.05) is 18.8 Å². The Bertz CT molecular complexity index is 971. The van der Waals surface area contributed by atoms with Crippen molar-refractivity contribution in [2.24, 2.45) is 0 Å². The maximum Gasteiger partial charge on any atom is 0.308 e. The summed E-state index contributed by atoms with van der Waals surface area (Å²) < 4.78 is 31.0. The highest BCUT2D eigenvalue weighted by Gasteiger charge is 2.49. The van der Waals surface area contributed by atoms with Gasteiger partial charge in [-0.05, 0) is 58.4 Å². The monoisotopic (exact) mass is 435 g/mol. The number of hydrogen-bond acceptors (Lipinski definition) is 6. The van der Waals surface area contributed by atoms with E-state index in [0.717, 1.165) is 10.4 Å². The van der Waals surface area contributed by atoms with Crippen LogP contribution in [0.3, 0.4) is 0 Å². The van der Waals surface area contributed by atoms with Crippen molar-refractivity contribution >= 4 is 27.1 Å². The summed E-state index contributed by atoms with van der Waals surface area (Å²) in [5.41, 5.74) is 1.56. The van der Waals surface area contributed by atoms with Crippen LogP contribution < -0.4 is 5.32 Å². The molecule has 0 saturated carbocycles. The van der Waals surface area contributed by atoms with Gasteiger partial charge >= 0.3 is 5.97 Å². The first-order valence-corrected chi connectivity index (χ1v) is 12.3. The van der Waals surface area contributed by atoms with Gasteiger partial charge < -0.3 is 10.1 Å². The largest absolute Gasteiger partial charge is 0.460 e. The van der Waals surface area contributed by atoms with Crippen molar-refractivity contribution in [3.63, 3.8) is 0 Å². The van der Waals surface area contributed by atoms with Gasteiger partial charge in [-0.1, -0.05) is 29.8 Å². The number of thiophene rings is 1. The zero-order valence-electron chi connectivity index (χ0n) is 17.4. The Hall–Kier alpha value is -1.70. The number of benzene rings is 1. The van der Waals surface area contributed by atoms with E-state index in [-0.39, 0.29) is 12.2 Å². The summed E-state index contributed by atoms with van der Waals surface area (Å²) in [4.78, 5) is 14.4. The zero-order valence-corrected chi connectivity index (χ0v) is 19.1. The second kappa shape index (κ2) is 8.20. The van der Waals surface area contributed by atoms with Gasteiger partial charge in [0.25, 0.3) is 0 Å². The summed E-state index contributed by atoms with van der Waals surface area (Å²) in [6.45, 7) is 8.35. The number of esters is 1. The lowest BCUT2D eigenvalue weighted by Gasteiger charge is -2.31. The summed E-state index contributed by atoms with van der Waals surface area (Å²) in [5.74, 6) is -0.471. The number of carbonyl (C=O) groups excluding carboxylic acids is 1. The molecular weight excluding hydrogens is 406 g/mol. The molecule has 7 heteroatoms. The SMILES string of the molecule is Cc1ccc(-c2ccc(C3(CC(=O)OC(C)(C)C)CCNCCS3(=O)=O)s2)cc1. The fourth-order valence-corrected chi connectivity index (χ4v) is 7.16. The number of hydrogen-bond donors (Lipinski definition) is 1. The van der Waals surface area contributed by atoms with Crippen LogP contribution >= 0.6 is 11.3 Å². The van der Waals surface area contributed by atoms with Crippen molar-refractivity contribution < 1.29 is 17.9 Å². The van der Waals surface area contributed by atoms with Crippen LogP contribution in [0.25, 0.3) is 10.4 Å². The van der Waals surface area contributed by atoms with Crippen LogP contribution in [0.5, 0.6) is 0 Å². The predicted octanol–water partition coefficient (Wildman–Crippen LogP) is 4.06. The second-order valence-corrected chi connectivity index (χ2v) is 12.1. The lowest BCUT2D eigenvalue weighted by molar-refractivity contribution is -0.155. The third-order valence-corrected chi connectivity index (χ3v) is 9.06. The molecule has 1 aliphatic rings. The molecule has 3 rings (SSSR count). The normalized spacial score (nSPS) is 22.1. The number of sulfone groups is 1. The van der Waals surface area contributed by atoms with E-state index < -0.39 is 26.2 Å². The van der Waals surface area contributed by atoms with E-state index in [2.05, 4.69) is 5.32 Å². The van der Waals surface area contributed by atoms with Crippen LogP contribution in [0.4, 0.5) is 0 Å². The van der Waals surface area contributed by atoms with E-state index in [4.69, 9.17) is 4.74 Å². The summed E-state index contributed by atoms with van der Waals surface area (Å²) >= 11 is 1.45. The lowest BCUT2D eigenvalue weighted by Crippen LogP contribution is -2.40. The Morgan fingerprint density at radius 2 is 1.83 bits per heavy atom. The Labute approximate surface area is 177 Å². The number of rotatable bonds is 4. The van der Waals surface area contributed by atoms with Crippen LogP contribution in [0.2, 0.25) is 0 Å². The molecule has 5 nitrogen and oxygen atoms in total. The highest BCUT2D eigenvalue weighted by molar-refractivity contribution is 7.92. The molecule has 1 unspecified atom stereocenters. The van der Waals surface area contributed by atoms with Crippen molar-refractivity contribution in [1.29, 1.82) is 0 Å². The molecule has 0 spiro atoms. The van der Waals surface area contributed by atoms with Gasteiger partial charge in [0.05, 0.1) is 12.2 Å². The minimum absolute atomic E-state index is 0.00750. The van der Waals surface area contributed by atoms with E-state index in [1.54, 1.807) is 20.8 Å². The first kappa shape index (κ1) is 22.0. The molecule has 1 fully saturated rings. The minimum Gasteiger partial charge on any atom is -0.460 e. The summed E-state index contributed by atoms with van der Waals surface area (Å²) in [6, 6.07) is 12.0. The number of nitrogens with one attached hydrogen (secondary N) is 1. The van der Waals surface area contributed by atoms with Crippen molar-refractivity contribution in [2.45, 2.75) is 50.9 Å². The van der Waals surface area contributed by atoms with E-state index >= 15 is 0 Å². The first-order chi connectivity index (χ1) is 13.5. The fourth-order valence-electron chi connectivity index (χ4n) is 3.60. The molecule has 0 bridgehead atoms. The van der Waals surface area contributed by atoms with E-state index in [1.807, 2.05) is 43.3 Å². The molecular formula is C22H29NO4S2. The molecule has 1 atom stereocenters. The van der Waals surface area contributed by atoms with Gasteiger partial charge in [0.15, 0.2) is 9.84 Å². The maximum atomic E-state index is 13.4. The number of ether oxygens (including phenoxy) is 1. The molecule has 1 aromatic heterocycles. The zero-order chi connectivity index (χ0) is 21.3. The van der Waals surface area contributed by atoms with Crippen LogP contribution in [-0.2, 0) is 24.1 Å². The van der Waals surface area contributed by atoms with Gasteiger partial charge in [-0.25, -0.2) is 8.42 Å². The topological polar surface area (TPSA) is 72.5 Å².